The lowest BCUT2D eigenvalue weighted by Crippen LogP contribution is -2.15. The van der Waals surface area contributed by atoms with E-state index < -0.39 is 23.5 Å². The highest BCUT2D eigenvalue weighted by Gasteiger charge is 2.19. The van der Waals surface area contributed by atoms with Crippen LogP contribution in [0.1, 0.15) is 24.1 Å². The van der Waals surface area contributed by atoms with Crippen molar-refractivity contribution in [1.82, 2.24) is 0 Å². The third-order valence-electron chi connectivity index (χ3n) is 2.93. The number of hydrogen-bond donors (Lipinski definition) is 1. The first kappa shape index (κ1) is 14.4. The fourth-order valence-electron chi connectivity index (χ4n) is 1.93. The van der Waals surface area contributed by atoms with Crippen LogP contribution in [0.2, 0.25) is 0 Å². The molecule has 5 heteroatoms. The fraction of sp³-hybridized carbons (Fsp3) is 0.200. The predicted octanol–water partition coefficient (Wildman–Crippen LogP) is 3.55. The Labute approximate surface area is 115 Å². The minimum Gasteiger partial charge on any atom is -0.494 e. The van der Waals surface area contributed by atoms with Gasteiger partial charge in [-0.15, -0.1) is 0 Å². The van der Waals surface area contributed by atoms with Crippen molar-refractivity contribution in [3.05, 3.63) is 65.0 Å². The normalized spacial score (nSPS) is 12.2. The molecule has 20 heavy (non-hydrogen) atoms. The molecule has 1 atom stereocenters. The molecule has 0 aliphatic rings. The van der Waals surface area contributed by atoms with Gasteiger partial charge in [-0.1, -0.05) is 18.2 Å². The zero-order chi connectivity index (χ0) is 14.7. The van der Waals surface area contributed by atoms with E-state index in [4.69, 9.17) is 10.5 Å². The Hall–Kier alpha value is -2.01. The summed E-state index contributed by atoms with van der Waals surface area (Å²) in [5.74, 6) is -3.43. The van der Waals surface area contributed by atoms with Gasteiger partial charge in [0.15, 0.2) is 17.5 Å². The molecular formula is C15H14F3NO. The maximum atomic E-state index is 13.7. The molecule has 0 radical (unpaired) electrons. The van der Waals surface area contributed by atoms with E-state index in [-0.39, 0.29) is 5.56 Å². The average molecular weight is 281 g/mol. The van der Waals surface area contributed by atoms with E-state index in [0.29, 0.717) is 17.9 Å². The summed E-state index contributed by atoms with van der Waals surface area (Å²) in [5.41, 5.74) is 6.37. The monoisotopic (exact) mass is 281 g/mol. The van der Waals surface area contributed by atoms with Crippen molar-refractivity contribution in [3.8, 4) is 5.75 Å². The van der Waals surface area contributed by atoms with E-state index in [2.05, 4.69) is 0 Å². The molecular weight excluding hydrogens is 267 g/mol. The van der Waals surface area contributed by atoms with Gasteiger partial charge in [0.25, 0.3) is 0 Å². The summed E-state index contributed by atoms with van der Waals surface area (Å²) in [5, 5.41) is 0. The van der Waals surface area contributed by atoms with Gasteiger partial charge in [0, 0.05) is 5.56 Å². The highest BCUT2D eigenvalue weighted by atomic mass is 19.2. The molecule has 0 aliphatic heterocycles. The molecule has 2 aromatic carbocycles. The van der Waals surface area contributed by atoms with Gasteiger partial charge < -0.3 is 10.5 Å². The van der Waals surface area contributed by atoms with Crippen molar-refractivity contribution in [3.63, 3.8) is 0 Å². The summed E-state index contributed by atoms with van der Waals surface area (Å²) in [6.45, 7) is 2.32. The smallest absolute Gasteiger partial charge is 0.194 e. The summed E-state index contributed by atoms with van der Waals surface area (Å²) < 4.78 is 45.2. The second-order valence-corrected chi connectivity index (χ2v) is 4.25. The second-order valence-electron chi connectivity index (χ2n) is 4.25. The third-order valence-corrected chi connectivity index (χ3v) is 2.93. The van der Waals surface area contributed by atoms with E-state index >= 15 is 0 Å². The summed E-state index contributed by atoms with van der Waals surface area (Å²) in [7, 11) is 0. The molecule has 106 valence electrons. The largest absolute Gasteiger partial charge is 0.494 e. The highest BCUT2D eigenvalue weighted by molar-refractivity contribution is 5.37. The van der Waals surface area contributed by atoms with Crippen LogP contribution < -0.4 is 10.5 Å². The van der Waals surface area contributed by atoms with Gasteiger partial charge in [-0.3, -0.25) is 0 Å². The van der Waals surface area contributed by atoms with Crippen LogP contribution in [0, 0.1) is 17.5 Å². The fourth-order valence-corrected chi connectivity index (χ4v) is 1.93. The highest BCUT2D eigenvalue weighted by Crippen LogP contribution is 2.27. The average Bonchev–Trinajstić information content (AvgIpc) is 2.45. The molecule has 0 fully saturated rings. The second kappa shape index (κ2) is 5.96. The molecule has 2 nitrogen and oxygen atoms in total. The van der Waals surface area contributed by atoms with Crippen LogP contribution >= 0.6 is 0 Å². The van der Waals surface area contributed by atoms with Gasteiger partial charge in [0.1, 0.15) is 5.75 Å². The van der Waals surface area contributed by atoms with E-state index in [1.54, 1.807) is 24.3 Å². The van der Waals surface area contributed by atoms with Crippen molar-refractivity contribution >= 4 is 0 Å². The van der Waals surface area contributed by atoms with Gasteiger partial charge in [-0.05, 0) is 30.7 Å². The van der Waals surface area contributed by atoms with Crippen molar-refractivity contribution in [2.24, 2.45) is 5.73 Å². The lowest BCUT2D eigenvalue weighted by molar-refractivity contribution is 0.339. The minimum atomic E-state index is -1.51. The van der Waals surface area contributed by atoms with Gasteiger partial charge in [0.2, 0.25) is 0 Å². The van der Waals surface area contributed by atoms with Gasteiger partial charge in [-0.25, -0.2) is 13.2 Å². The maximum absolute atomic E-state index is 13.7. The molecule has 0 heterocycles. The molecule has 0 saturated carbocycles. The molecule has 2 rings (SSSR count). The molecule has 1 unspecified atom stereocenters. The summed E-state index contributed by atoms with van der Waals surface area (Å²) >= 11 is 0. The molecule has 0 saturated heterocycles. The lowest BCUT2D eigenvalue weighted by atomic mass is 9.98. The molecule has 0 bridgehead atoms. The van der Waals surface area contributed by atoms with Crippen molar-refractivity contribution in [2.45, 2.75) is 13.0 Å². The number of halogens is 3. The Morgan fingerprint density at radius 1 is 1.10 bits per heavy atom. The zero-order valence-corrected chi connectivity index (χ0v) is 10.9. The standard InChI is InChI=1S/C15H14F3NO/c1-2-20-10-5-3-4-9(8-10)15(19)11-6-7-12(16)14(18)13(11)17/h3-8,15H,2,19H2,1H3. The van der Waals surface area contributed by atoms with Crippen LogP contribution in [0.5, 0.6) is 5.75 Å². The van der Waals surface area contributed by atoms with E-state index in [9.17, 15) is 13.2 Å². The molecule has 0 aliphatic carbocycles. The first-order chi connectivity index (χ1) is 9.54. The van der Waals surface area contributed by atoms with Gasteiger partial charge in [-0.2, -0.15) is 0 Å². The molecule has 0 spiro atoms. The third kappa shape index (κ3) is 2.77. The first-order valence-electron chi connectivity index (χ1n) is 6.16. The molecule has 2 aromatic rings. The quantitative estimate of drug-likeness (QED) is 0.870. The Morgan fingerprint density at radius 3 is 2.55 bits per heavy atom. The number of hydrogen-bond acceptors (Lipinski definition) is 2. The minimum absolute atomic E-state index is 0.0995. The Bertz CT molecular complexity index is 616. The predicted molar refractivity (Wildman–Crippen MR) is 70.0 cm³/mol. The van der Waals surface area contributed by atoms with E-state index in [0.717, 1.165) is 12.1 Å². The van der Waals surface area contributed by atoms with Crippen LogP contribution in [0.3, 0.4) is 0 Å². The van der Waals surface area contributed by atoms with Crippen LogP contribution in [-0.2, 0) is 0 Å². The number of nitrogens with two attached hydrogens (primary N) is 1. The number of ether oxygens (including phenoxy) is 1. The van der Waals surface area contributed by atoms with Crippen LogP contribution in [0.15, 0.2) is 36.4 Å². The first-order valence-corrected chi connectivity index (χ1v) is 6.16. The maximum Gasteiger partial charge on any atom is 0.194 e. The summed E-state index contributed by atoms with van der Waals surface area (Å²) in [4.78, 5) is 0. The summed E-state index contributed by atoms with van der Waals surface area (Å²) in [6, 6.07) is 7.87. The van der Waals surface area contributed by atoms with E-state index in [1.165, 1.54) is 0 Å². The Kier molecular flexibility index (Phi) is 4.29. The van der Waals surface area contributed by atoms with Gasteiger partial charge >= 0.3 is 0 Å². The van der Waals surface area contributed by atoms with Gasteiger partial charge in [0.05, 0.1) is 12.6 Å². The van der Waals surface area contributed by atoms with Crippen molar-refractivity contribution in [1.29, 1.82) is 0 Å². The number of rotatable bonds is 4. The molecule has 0 aromatic heterocycles. The lowest BCUT2D eigenvalue weighted by Gasteiger charge is -2.15. The van der Waals surface area contributed by atoms with E-state index in [1.807, 2.05) is 6.92 Å². The topological polar surface area (TPSA) is 35.2 Å². The molecule has 2 N–H and O–H groups in total. The summed E-state index contributed by atoms with van der Waals surface area (Å²) in [6.07, 6.45) is 0. The Morgan fingerprint density at radius 2 is 1.85 bits per heavy atom. The van der Waals surface area contributed by atoms with Crippen LogP contribution in [0.4, 0.5) is 13.2 Å². The Balaban J connectivity index is 2.38. The zero-order valence-electron chi connectivity index (χ0n) is 10.9. The van der Waals surface area contributed by atoms with Crippen molar-refractivity contribution < 1.29 is 17.9 Å². The van der Waals surface area contributed by atoms with Crippen LogP contribution in [-0.4, -0.2) is 6.61 Å². The number of benzene rings is 2. The van der Waals surface area contributed by atoms with Crippen molar-refractivity contribution in [2.75, 3.05) is 6.61 Å². The SMILES string of the molecule is CCOc1cccc(C(N)c2ccc(F)c(F)c2F)c1. The van der Waals surface area contributed by atoms with Crippen LogP contribution in [0.25, 0.3) is 0 Å². The molecule has 0 amide bonds.